The molecule has 0 aliphatic rings. The van der Waals surface area contributed by atoms with Gasteiger partial charge in [0.05, 0.1) is 12.8 Å². The molecule has 1 unspecified atom stereocenters. The van der Waals surface area contributed by atoms with Crippen molar-refractivity contribution in [1.29, 1.82) is 0 Å². The Morgan fingerprint density at radius 3 is 3.13 bits per heavy atom. The summed E-state index contributed by atoms with van der Waals surface area (Å²) in [5, 5.41) is 17.7. The summed E-state index contributed by atoms with van der Waals surface area (Å²) in [6.45, 7) is -0.367. The minimum Gasteiger partial charge on any atom is -0.408 e. The van der Waals surface area contributed by atoms with Gasteiger partial charge in [-0.25, -0.2) is 15.0 Å². The summed E-state index contributed by atoms with van der Waals surface area (Å²) >= 11 is 0. The number of aromatic nitrogens is 4. The normalized spacial score (nSPS) is 12.9. The van der Waals surface area contributed by atoms with Gasteiger partial charge in [-0.3, -0.25) is 0 Å². The zero-order valence-corrected chi connectivity index (χ0v) is 7.82. The summed E-state index contributed by atoms with van der Waals surface area (Å²) in [6.07, 6.45) is 3.46. The van der Waals surface area contributed by atoms with Crippen LogP contribution in [0.4, 0.5) is 0 Å². The first-order valence-corrected chi connectivity index (χ1v) is 4.36. The standard InChI is InChI=1S/C8H10N4O3/c13-2-6(14)3-15-12-5-11-7-1-9-4-10-8(7)12/h1,4-6,13-14H,2-3H2. The van der Waals surface area contributed by atoms with E-state index in [0.29, 0.717) is 11.2 Å². The van der Waals surface area contributed by atoms with E-state index in [-0.39, 0.29) is 13.2 Å². The maximum atomic E-state index is 9.09. The summed E-state index contributed by atoms with van der Waals surface area (Å²) in [5.41, 5.74) is 1.13. The third-order valence-electron chi connectivity index (χ3n) is 1.80. The van der Waals surface area contributed by atoms with Crippen LogP contribution in [0.5, 0.6) is 0 Å². The van der Waals surface area contributed by atoms with Gasteiger partial charge in [-0.05, 0) is 0 Å². The predicted octanol–water partition coefficient (Wildman–Crippen LogP) is -1.39. The maximum Gasteiger partial charge on any atom is 0.198 e. The van der Waals surface area contributed by atoms with Gasteiger partial charge in [-0.1, -0.05) is 0 Å². The molecule has 0 saturated heterocycles. The van der Waals surface area contributed by atoms with Crippen LogP contribution in [0.2, 0.25) is 0 Å². The molecule has 0 aromatic carbocycles. The molecule has 2 N–H and O–H groups in total. The molecule has 7 heteroatoms. The molecule has 0 fully saturated rings. The zero-order valence-electron chi connectivity index (χ0n) is 7.82. The van der Waals surface area contributed by atoms with Gasteiger partial charge in [-0.2, -0.15) is 4.73 Å². The van der Waals surface area contributed by atoms with E-state index in [4.69, 9.17) is 15.1 Å². The van der Waals surface area contributed by atoms with Crippen molar-refractivity contribution in [2.45, 2.75) is 6.10 Å². The molecule has 2 rings (SSSR count). The second-order valence-electron chi connectivity index (χ2n) is 2.93. The van der Waals surface area contributed by atoms with E-state index in [9.17, 15) is 0 Å². The molecule has 0 aliphatic heterocycles. The van der Waals surface area contributed by atoms with Crippen molar-refractivity contribution in [3.8, 4) is 0 Å². The highest BCUT2D eigenvalue weighted by atomic mass is 16.7. The fourth-order valence-electron chi connectivity index (χ4n) is 1.06. The Labute approximate surface area is 84.9 Å². The van der Waals surface area contributed by atoms with E-state index in [1.165, 1.54) is 17.4 Å². The second kappa shape index (κ2) is 4.20. The zero-order chi connectivity index (χ0) is 10.7. The number of imidazole rings is 1. The van der Waals surface area contributed by atoms with Crippen LogP contribution in [0.3, 0.4) is 0 Å². The van der Waals surface area contributed by atoms with Gasteiger partial charge < -0.3 is 15.1 Å². The first kappa shape index (κ1) is 9.81. The van der Waals surface area contributed by atoms with Gasteiger partial charge in [0.1, 0.15) is 30.9 Å². The van der Waals surface area contributed by atoms with Crippen molar-refractivity contribution in [3.05, 3.63) is 18.9 Å². The van der Waals surface area contributed by atoms with E-state index < -0.39 is 6.10 Å². The van der Waals surface area contributed by atoms with Gasteiger partial charge in [0.2, 0.25) is 0 Å². The Kier molecular flexibility index (Phi) is 2.75. The highest BCUT2D eigenvalue weighted by molar-refractivity contribution is 5.68. The van der Waals surface area contributed by atoms with Crippen LogP contribution < -0.4 is 4.84 Å². The molecular formula is C8H10N4O3. The Hall–Kier alpha value is -1.73. The quantitative estimate of drug-likeness (QED) is 0.645. The van der Waals surface area contributed by atoms with Crippen LogP contribution >= 0.6 is 0 Å². The maximum absolute atomic E-state index is 9.09. The van der Waals surface area contributed by atoms with Gasteiger partial charge in [0, 0.05) is 0 Å². The third kappa shape index (κ3) is 2.03. The van der Waals surface area contributed by atoms with Crippen LogP contribution in [0.15, 0.2) is 18.9 Å². The molecule has 1 atom stereocenters. The fourth-order valence-corrected chi connectivity index (χ4v) is 1.06. The lowest BCUT2D eigenvalue weighted by Gasteiger charge is -2.09. The summed E-state index contributed by atoms with van der Waals surface area (Å²) < 4.78 is 1.33. The molecule has 0 aliphatic carbocycles. The number of aliphatic hydroxyl groups excluding tert-OH is 2. The highest BCUT2D eigenvalue weighted by Crippen LogP contribution is 2.04. The summed E-state index contributed by atoms with van der Waals surface area (Å²) in [6, 6.07) is 0. The molecular weight excluding hydrogens is 200 g/mol. The van der Waals surface area contributed by atoms with Crippen molar-refractivity contribution < 1.29 is 15.1 Å². The van der Waals surface area contributed by atoms with E-state index in [1.807, 2.05) is 0 Å². The Morgan fingerprint density at radius 2 is 2.33 bits per heavy atom. The molecule has 15 heavy (non-hydrogen) atoms. The van der Waals surface area contributed by atoms with Crippen molar-refractivity contribution in [1.82, 2.24) is 19.7 Å². The molecule has 80 valence electrons. The predicted molar refractivity (Wildman–Crippen MR) is 49.9 cm³/mol. The van der Waals surface area contributed by atoms with Gasteiger partial charge in [-0.15, -0.1) is 0 Å². The minimum atomic E-state index is -0.913. The molecule has 0 bridgehead atoms. The lowest BCUT2D eigenvalue weighted by molar-refractivity contribution is 0.00238. The van der Waals surface area contributed by atoms with Crippen LogP contribution in [-0.4, -0.2) is 49.2 Å². The van der Waals surface area contributed by atoms with Crippen LogP contribution in [0, 0.1) is 0 Å². The monoisotopic (exact) mass is 210 g/mol. The Balaban J connectivity index is 2.14. The number of aliphatic hydroxyl groups is 2. The average molecular weight is 210 g/mol. The van der Waals surface area contributed by atoms with Crippen molar-refractivity contribution in [2.75, 3.05) is 13.2 Å². The first-order valence-electron chi connectivity index (χ1n) is 4.36. The highest BCUT2D eigenvalue weighted by Gasteiger charge is 2.07. The number of hydrogen-bond donors (Lipinski definition) is 2. The van der Waals surface area contributed by atoms with E-state index in [0.717, 1.165) is 0 Å². The molecule has 2 heterocycles. The molecule has 2 aromatic rings. The SMILES string of the molecule is OCC(O)COn1cnc2cncnc21. The molecule has 0 spiro atoms. The third-order valence-corrected chi connectivity index (χ3v) is 1.80. The van der Waals surface area contributed by atoms with Crippen molar-refractivity contribution >= 4 is 11.2 Å². The van der Waals surface area contributed by atoms with Gasteiger partial charge in [0.25, 0.3) is 0 Å². The molecule has 7 nitrogen and oxygen atoms in total. The van der Waals surface area contributed by atoms with Gasteiger partial charge in [0.15, 0.2) is 5.65 Å². The number of fused-ring (bicyclic) bond motifs is 1. The number of rotatable bonds is 4. The Morgan fingerprint density at radius 1 is 1.47 bits per heavy atom. The van der Waals surface area contributed by atoms with Crippen LogP contribution in [0.1, 0.15) is 0 Å². The average Bonchev–Trinajstić information content (AvgIpc) is 2.69. The van der Waals surface area contributed by atoms with E-state index in [2.05, 4.69) is 15.0 Å². The first-order chi connectivity index (χ1) is 7.31. The lowest BCUT2D eigenvalue weighted by atomic mass is 10.4. The Bertz CT molecular complexity index is 444. The van der Waals surface area contributed by atoms with E-state index >= 15 is 0 Å². The largest absolute Gasteiger partial charge is 0.408 e. The number of hydrogen-bond acceptors (Lipinski definition) is 6. The topological polar surface area (TPSA) is 93.3 Å². The smallest absolute Gasteiger partial charge is 0.198 e. The van der Waals surface area contributed by atoms with Crippen LogP contribution in [0.25, 0.3) is 11.2 Å². The summed E-state index contributed by atoms with van der Waals surface area (Å²) in [7, 11) is 0. The summed E-state index contributed by atoms with van der Waals surface area (Å²) in [5.74, 6) is 0. The fraction of sp³-hybridized carbons (Fsp3) is 0.375. The van der Waals surface area contributed by atoms with Crippen LogP contribution in [-0.2, 0) is 0 Å². The van der Waals surface area contributed by atoms with E-state index in [1.54, 1.807) is 6.20 Å². The second-order valence-corrected chi connectivity index (χ2v) is 2.93. The van der Waals surface area contributed by atoms with Crippen molar-refractivity contribution in [2.24, 2.45) is 0 Å². The summed E-state index contributed by atoms with van der Waals surface area (Å²) in [4.78, 5) is 16.9. The number of nitrogens with zero attached hydrogens (tertiary/aromatic N) is 4. The van der Waals surface area contributed by atoms with Gasteiger partial charge >= 0.3 is 0 Å². The minimum absolute atomic E-state index is 0.0219. The van der Waals surface area contributed by atoms with Crippen molar-refractivity contribution in [3.63, 3.8) is 0 Å². The molecule has 0 radical (unpaired) electrons. The lowest BCUT2D eigenvalue weighted by Crippen LogP contribution is -2.26. The molecule has 0 saturated carbocycles. The molecule has 2 aromatic heterocycles. The molecule has 0 amide bonds.